The van der Waals surface area contributed by atoms with E-state index >= 15 is 0 Å². The second-order valence-electron chi connectivity index (χ2n) is 6.73. The van der Waals surface area contributed by atoms with Gasteiger partial charge in [0.05, 0.1) is 28.9 Å². The number of para-hydroxylation sites is 1. The number of carbonyl (C=O) groups excluding carboxylic acids is 2. The summed E-state index contributed by atoms with van der Waals surface area (Å²) in [6.07, 6.45) is 0. The van der Waals surface area contributed by atoms with Crippen LogP contribution in [0.3, 0.4) is 0 Å². The van der Waals surface area contributed by atoms with Gasteiger partial charge in [-0.25, -0.2) is 8.42 Å². The first-order valence-electron chi connectivity index (χ1n) is 8.98. The molecule has 152 valence electrons. The van der Waals surface area contributed by atoms with Gasteiger partial charge in [0.15, 0.2) is 9.84 Å². The third-order valence-electron chi connectivity index (χ3n) is 4.77. The van der Waals surface area contributed by atoms with E-state index in [9.17, 15) is 18.0 Å². The largest absolute Gasteiger partial charge is 0.342 e. The number of benzene rings is 2. The Balaban J connectivity index is 0.00000225. The van der Waals surface area contributed by atoms with Crippen molar-refractivity contribution < 1.29 is 20.9 Å². The third-order valence-corrected chi connectivity index (χ3v) is 6.56. The maximum absolute atomic E-state index is 13.3. The number of hydrogen-bond donors (Lipinski definition) is 2. The standard InChI is InChI=1S/C20H23N3O4S.2H2/c1-14(21-2)19(24)22-16-13-28(26,27)18-11-7-6-10-17(18)23(20(16)25)12-15-8-4-3-5-9-15;;/h3-11,14,16,21H,12-13H2,1-2H3,(H,22,24);2*1H/t14-,16?;;/m0../s1. The van der Waals surface area contributed by atoms with Crippen molar-refractivity contribution >= 4 is 27.3 Å². The third kappa shape index (κ3) is 4.07. The number of hydrogen-bond acceptors (Lipinski definition) is 5. The van der Waals surface area contributed by atoms with Gasteiger partial charge in [0.25, 0.3) is 5.91 Å². The zero-order chi connectivity index (χ0) is 20.3. The average Bonchev–Trinajstić information content (AvgIpc) is 2.77. The Labute approximate surface area is 167 Å². The van der Waals surface area contributed by atoms with Gasteiger partial charge in [-0.3, -0.25) is 9.59 Å². The smallest absolute Gasteiger partial charge is 0.250 e. The van der Waals surface area contributed by atoms with Crippen molar-refractivity contribution in [2.24, 2.45) is 0 Å². The van der Waals surface area contributed by atoms with E-state index in [1.54, 1.807) is 32.2 Å². The first-order chi connectivity index (χ1) is 13.3. The number of fused-ring (bicyclic) bond motifs is 1. The summed E-state index contributed by atoms with van der Waals surface area (Å²) in [5.74, 6) is -1.35. The molecular weight excluding hydrogens is 378 g/mol. The van der Waals surface area contributed by atoms with E-state index in [0.717, 1.165) is 5.56 Å². The van der Waals surface area contributed by atoms with Gasteiger partial charge in [0.2, 0.25) is 5.91 Å². The molecule has 2 aromatic carbocycles. The van der Waals surface area contributed by atoms with Crippen LogP contribution in [0.15, 0.2) is 59.5 Å². The quantitative estimate of drug-likeness (QED) is 0.788. The first kappa shape index (κ1) is 20.0. The van der Waals surface area contributed by atoms with E-state index in [0.29, 0.717) is 5.69 Å². The molecule has 0 radical (unpaired) electrons. The summed E-state index contributed by atoms with van der Waals surface area (Å²) in [5, 5.41) is 5.38. The summed E-state index contributed by atoms with van der Waals surface area (Å²) in [5.41, 5.74) is 1.19. The molecule has 2 amide bonds. The molecule has 2 aromatic rings. The minimum atomic E-state index is -3.76. The molecule has 8 heteroatoms. The lowest BCUT2D eigenvalue weighted by Gasteiger charge is -2.26. The molecule has 0 aromatic heterocycles. The molecular formula is C20H27N3O4S. The maximum atomic E-state index is 13.3. The summed E-state index contributed by atoms with van der Waals surface area (Å²) in [7, 11) is -2.14. The van der Waals surface area contributed by atoms with Gasteiger partial charge in [-0.1, -0.05) is 42.5 Å². The monoisotopic (exact) mass is 405 g/mol. The molecule has 0 bridgehead atoms. The fraction of sp³-hybridized carbons (Fsp3) is 0.300. The number of likely N-dealkylation sites (N-methyl/N-ethyl adjacent to an activating group) is 1. The van der Waals surface area contributed by atoms with Crippen molar-refractivity contribution in [2.75, 3.05) is 17.7 Å². The lowest BCUT2D eigenvalue weighted by atomic mass is 10.1. The minimum Gasteiger partial charge on any atom is -0.342 e. The van der Waals surface area contributed by atoms with Gasteiger partial charge in [0, 0.05) is 2.85 Å². The highest BCUT2D eigenvalue weighted by molar-refractivity contribution is 7.91. The molecule has 1 heterocycles. The van der Waals surface area contributed by atoms with Gasteiger partial charge < -0.3 is 15.5 Å². The van der Waals surface area contributed by atoms with E-state index in [1.807, 2.05) is 30.3 Å². The molecule has 3 rings (SSSR count). The summed E-state index contributed by atoms with van der Waals surface area (Å²) in [4.78, 5) is 27.1. The SMILES string of the molecule is CN[C@@H](C)C(=O)NC1CS(=O)(=O)c2ccccc2N(Cc2ccccc2)C1=O.[HH].[HH]. The van der Waals surface area contributed by atoms with Crippen LogP contribution in [0, 0.1) is 0 Å². The Hall–Kier alpha value is -2.71. The zero-order valence-electron chi connectivity index (χ0n) is 15.8. The van der Waals surface area contributed by atoms with Crippen LogP contribution in [0.4, 0.5) is 5.69 Å². The van der Waals surface area contributed by atoms with Crippen LogP contribution >= 0.6 is 0 Å². The van der Waals surface area contributed by atoms with E-state index < -0.39 is 39.5 Å². The molecule has 0 spiro atoms. The Kier molecular flexibility index (Phi) is 5.81. The lowest BCUT2D eigenvalue weighted by Crippen LogP contribution is -2.54. The summed E-state index contributed by atoms with van der Waals surface area (Å²) < 4.78 is 25.8. The van der Waals surface area contributed by atoms with Crippen LogP contribution < -0.4 is 15.5 Å². The number of nitrogens with zero attached hydrogens (tertiary/aromatic N) is 1. The van der Waals surface area contributed by atoms with Crippen LogP contribution in [0.25, 0.3) is 0 Å². The number of carbonyl (C=O) groups is 2. The lowest BCUT2D eigenvalue weighted by molar-refractivity contribution is -0.128. The normalized spacial score (nSPS) is 19.4. The maximum Gasteiger partial charge on any atom is 0.250 e. The Morgan fingerprint density at radius 3 is 2.50 bits per heavy atom. The number of rotatable bonds is 5. The van der Waals surface area contributed by atoms with Crippen LogP contribution in [-0.2, 0) is 26.0 Å². The average molecular weight is 406 g/mol. The van der Waals surface area contributed by atoms with Gasteiger partial charge in [-0.2, -0.15) is 0 Å². The van der Waals surface area contributed by atoms with Gasteiger partial charge >= 0.3 is 0 Å². The Morgan fingerprint density at radius 1 is 1.18 bits per heavy atom. The number of anilines is 1. The molecule has 1 aliphatic rings. The van der Waals surface area contributed by atoms with E-state index in [1.165, 1.54) is 11.0 Å². The molecule has 1 unspecified atom stereocenters. The topological polar surface area (TPSA) is 95.6 Å². The van der Waals surface area contributed by atoms with E-state index in [4.69, 9.17) is 0 Å². The van der Waals surface area contributed by atoms with Crippen molar-refractivity contribution in [1.82, 2.24) is 10.6 Å². The van der Waals surface area contributed by atoms with Crippen LogP contribution in [0.5, 0.6) is 0 Å². The fourth-order valence-electron chi connectivity index (χ4n) is 3.09. The van der Waals surface area contributed by atoms with Crippen LogP contribution in [0.1, 0.15) is 15.3 Å². The van der Waals surface area contributed by atoms with Gasteiger partial charge in [-0.15, -0.1) is 0 Å². The summed E-state index contributed by atoms with van der Waals surface area (Å²) in [6, 6.07) is 14.0. The van der Waals surface area contributed by atoms with E-state index in [-0.39, 0.29) is 14.3 Å². The number of sulfone groups is 1. The molecule has 0 saturated heterocycles. The second kappa shape index (κ2) is 8.12. The molecule has 1 aliphatic heterocycles. The molecule has 28 heavy (non-hydrogen) atoms. The van der Waals surface area contributed by atoms with Gasteiger partial charge in [0.1, 0.15) is 6.04 Å². The van der Waals surface area contributed by atoms with Crippen molar-refractivity contribution in [3.8, 4) is 0 Å². The van der Waals surface area contributed by atoms with Gasteiger partial charge in [-0.05, 0) is 31.7 Å². The summed E-state index contributed by atoms with van der Waals surface area (Å²) >= 11 is 0. The van der Waals surface area contributed by atoms with Crippen molar-refractivity contribution in [3.05, 3.63) is 60.2 Å². The molecule has 7 nitrogen and oxygen atoms in total. The Bertz CT molecular complexity index is 987. The predicted molar refractivity (Wildman–Crippen MR) is 111 cm³/mol. The highest BCUT2D eigenvalue weighted by atomic mass is 32.2. The van der Waals surface area contributed by atoms with Crippen LogP contribution in [0.2, 0.25) is 0 Å². The van der Waals surface area contributed by atoms with Crippen molar-refractivity contribution in [1.29, 1.82) is 0 Å². The van der Waals surface area contributed by atoms with Crippen molar-refractivity contribution in [2.45, 2.75) is 30.4 Å². The van der Waals surface area contributed by atoms with Crippen molar-refractivity contribution in [3.63, 3.8) is 0 Å². The van der Waals surface area contributed by atoms with Crippen LogP contribution in [-0.4, -0.2) is 45.1 Å². The minimum absolute atomic E-state index is 0. The highest BCUT2D eigenvalue weighted by Gasteiger charge is 2.38. The molecule has 0 aliphatic carbocycles. The fourth-order valence-corrected chi connectivity index (χ4v) is 4.72. The first-order valence-corrected chi connectivity index (χ1v) is 10.6. The zero-order valence-corrected chi connectivity index (χ0v) is 16.6. The van der Waals surface area contributed by atoms with E-state index in [2.05, 4.69) is 10.6 Å². The highest BCUT2D eigenvalue weighted by Crippen LogP contribution is 2.31. The predicted octanol–water partition coefficient (Wildman–Crippen LogP) is 1.59. The second-order valence-corrected chi connectivity index (χ2v) is 8.73. The molecule has 0 fully saturated rings. The molecule has 2 atom stereocenters. The number of amides is 2. The summed E-state index contributed by atoms with van der Waals surface area (Å²) in [6.45, 7) is 1.85. The Morgan fingerprint density at radius 2 is 1.82 bits per heavy atom. The molecule has 0 saturated carbocycles. The number of nitrogens with one attached hydrogen (secondary N) is 2. The molecule has 2 N–H and O–H groups in total.